The quantitative estimate of drug-likeness (QED) is 0.245. The van der Waals surface area contributed by atoms with Crippen molar-refractivity contribution in [2.75, 3.05) is 0 Å². The third-order valence-electron chi connectivity index (χ3n) is 4.66. The molecule has 1 aromatic heterocycles. The van der Waals surface area contributed by atoms with Gasteiger partial charge < -0.3 is 0 Å². The number of isothiocyanates is 1. The fourth-order valence-electron chi connectivity index (χ4n) is 3.20. The van der Waals surface area contributed by atoms with Crippen LogP contribution >= 0.6 is 23.6 Å². The molecule has 1 nitrogen and oxygen atoms in total. The highest BCUT2D eigenvalue weighted by Crippen LogP contribution is 2.37. The molecule has 29 heavy (non-hydrogen) atoms. The molecule has 1 heterocycles. The fourth-order valence-corrected chi connectivity index (χ4v) is 4.37. The summed E-state index contributed by atoms with van der Waals surface area (Å²) in [5.74, 6) is 4.07. The first-order valence-corrected chi connectivity index (χ1v) is 10.3. The molecule has 0 bridgehead atoms. The van der Waals surface area contributed by atoms with Gasteiger partial charge in [0.1, 0.15) is 11.6 Å². The van der Waals surface area contributed by atoms with Crippen molar-refractivity contribution in [2.24, 2.45) is 4.99 Å². The maximum atomic E-state index is 14.6. The van der Waals surface area contributed by atoms with Gasteiger partial charge in [0.15, 0.2) is 0 Å². The number of allylic oxidation sites excluding steroid dienone is 2. The number of thiocarbonyl (C=S) groups is 1. The molecule has 1 aliphatic rings. The number of aliphatic imine (C=N–C) groups is 1. The number of benzene rings is 2. The molecule has 0 saturated carbocycles. The average molecular weight is 420 g/mol. The summed E-state index contributed by atoms with van der Waals surface area (Å²) in [4.78, 5) is 5.87. The van der Waals surface area contributed by atoms with Crippen LogP contribution in [0.4, 0.5) is 14.5 Å². The lowest BCUT2D eigenvalue weighted by Crippen LogP contribution is -1.91. The van der Waals surface area contributed by atoms with Gasteiger partial charge in [-0.1, -0.05) is 17.9 Å². The average Bonchev–Trinajstić information content (AvgIpc) is 3.40. The van der Waals surface area contributed by atoms with Crippen molar-refractivity contribution in [3.8, 4) is 22.3 Å². The third-order valence-corrected chi connectivity index (χ3v) is 5.97. The van der Waals surface area contributed by atoms with Gasteiger partial charge in [-0.3, -0.25) is 0 Å². The summed E-state index contributed by atoms with van der Waals surface area (Å²) in [5, 5.41) is 2.28. The predicted molar refractivity (Wildman–Crippen MR) is 119 cm³/mol. The van der Waals surface area contributed by atoms with Gasteiger partial charge in [-0.25, -0.2) is 8.78 Å². The lowest BCUT2D eigenvalue weighted by atomic mass is 10.1. The second-order valence-corrected chi connectivity index (χ2v) is 7.87. The Morgan fingerprint density at radius 1 is 0.931 bits per heavy atom. The molecule has 0 unspecified atom stereocenters. The Morgan fingerprint density at radius 2 is 1.66 bits per heavy atom. The molecule has 0 atom stereocenters. The first-order valence-electron chi connectivity index (χ1n) is 9.12. The van der Waals surface area contributed by atoms with Gasteiger partial charge in [0.25, 0.3) is 0 Å². The van der Waals surface area contributed by atoms with E-state index in [1.54, 1.807) is 35.6 Å². The van der Waals surface area contributed by atoms with Crippen LogP contribution in [0.25, 0.3) is 16.0 Å². The van der Waals surface area contributed by atoms with Crippen LogP contribution in [0.5, 0.6) is 0 Å². The summed E-state index contributed by atoms with van der Waals surface area (Å²) in [5.41, 5.74) is 2.90. The van der Waals surface area contributed by atoms with E-state index in [9.17, 15) is 8.78 Å². The van der Waals surface area contributed by atoms with Gasteiger partial charge in [0, 0.05) is 15.3 Å². The van der Waals surface area contributed by atoms with Gasteiger partial charge in [0.2, 0.25) is 0 Å². The van der Waals surface area contributed by atoms with Gasteiger partial charge in [0.05, 0.1) is 16.4 Å². The van der Waals surface area contributed by atoms with E-state index in [0.29, 0.717) is 16.8 Å². The summed E-state index contributed by atoms with van der Waals surface area (Å²) in [7, 11) is 0. The van der Waals surface area contributed by atoms with Crippen LogP contribution < -0.4 is 0 Å². The molecule has 1 aliphatic carbocycles. The second-order valence-electron chi connectivity index (χ2n) is 6.60. The van der Waals surface area contributed by atoms with Crippen molar-refractivity contribution in [3.63, 3.8) is 0 Å². The summed E-state index contributed by atoms with van der Waals surface area (Å²) < 4.78 is 29.2. The Balaban J connectivity index is 1.60. The molecular weight excluding hydrogens is 404 g/mol. The van der Waals surface area contributed by atoms with Crippen LogP contribution in [-0.4, -0.2) is 5.16 Å². The molecule has 3 aromatic rings. The number of rotatable bonds is 3. The highest BCUT2D eigenvalue weighted by molar-refractivity contribution is 7.78. The molecule has 0 radical (unpaired) electrons. The Morgan fingerprint density at radius 3 is 2.31 bits per heavy atom. The maximum Gasteiger partial charge on any atom is 0.142 e. The zero-order chi connectivity index (χ0) is 20.2. The van der Waals surface area contributed by atoms with Gasteiger partial charge in [-0.05, 0) is 91.1 Å². The van der Waals surface area contributed by atoms with Crippen LogP contribution in [0.3, 0.4) is 0 Å². The van der Waals surface area contributed by atoms with E-state index in [1.807, 2.05) is 12.1 Å². The zero-order valence-electron chi connectivity index (χ0n) is 15.3. The number of halogens is 2. The van der Waals surface area contributed by atoms with Crippen LogP contribution in [0.15, 0.2) is 59.6 Å². The SMILES string of the molecule is Fc1cc(-c2ccc(C3=CCCC3)s2)cc(F)c1C#Cc1ccc(N=C=S)cc1. The largest absolute Gasteiger partial charge is 0.205 e. The monoisotopic (exact) mass is 419 g/mol. The molecule has 142 valence electrons. The van der Waals surface area contributed by atoms with Crippen molar-refractivity contribution in [1.29, 1.82) is 0 Å². The van der Waals surface area contributed by atoms with Crippen LogP contribution in [0, 0.1) is 23.5 Å². The fraction of sp³-hybridized carbons (Fsp3) is 0.125. The van der Waals surface area contributed by atoms with Crippen molar-refractivity contribution in [2.45, 2.75) is 19.3 Å². The minimum atomic E-state index is -0.663. The summed E-state index contributed by atoms with van der Waals surface area (Å²) in [6.45, 7) is 0. The number of nitrogens with zero attached hydrogens (tertiary/aromatic N) is 1. The van der Waals surface area contributed by atoms with Crippen LogP contribution in [0.1, 0.15) is 35.3 Å². The first-order chi connectivity index (χ1) is 14.1. The Kier molecular flexibility index (Phi) is 5.78. The molecule has 0 saturated heterocycles. The molecule has 5 heteroatoms. The van der Waals surface area contributed by atoms with Crippen LogP contribution in [-0.2, 0) is 0 Å². The van der Waals surface area contributed by atoms with Crippen molar-refractivity contribution in [1.82, 2.24) is 0 Å². The van der Waals surface area contributed by atoms with Crippen molar-refractivity contribution in [3.05, 3.63) is 82.2 Å². The molecule has 0 fully saturated rings. The van der Waals surface area contributed by atoms with E-state index in [-0.39, 0.29) is 5.56 Å². The minimum Gasteiger partial charge on any atom is -0.205 e. The van der Waals surface area contributed by atoms with E-state index < -0.39 is 11.6 Å². The summed E-state index contributed by atoms with van der Waals surface area (Å²) >= 11 is 6.12. The summed E-state index contributed by atoms with van der Waals surface area (Å²) in [6.07, 6.45) is 5.57. The Hall–Kier alpha value is -2.90. The first kappa shape index (κ1) is 19.4. The predicted octanol–water partition coefficient (Wildman–Crippen LogP) is 7.39. The van der Waals surface area contributed by atoms with Crippen LogP contribution in [0.2, 0.25) is 0 Å². The molecule has 4 rings (SSSR count). The Bertz CT molecular complexity index is 1180. The van der Waals surface area contributed by atoms with Crippen molar-refractivity contribution < 1.29 is 8.78 Å². The topological polar surface area (TPSA) is 12.4 Å². The standard InChI is InChI=1S/C24H15F2NS2/c25-21-13-18(24-12-11-23(29-24)17-3-1-2-4-17)14-22(26)20(21)10-7-16-5-8-19(9-6-16)27-15-28/h3,5-6,8-9,11-14H,1-2,4H2. The summed E-state index contributed by atoms with van der Waals surface area (Å²) in [6, 6.07) is 13.5. The molecule has 0 amide bonds. The Labute approximate surface area is 177 Å². The van der Waals surface area contributed by atoms with E-state index >= 15 is 0 Å². The lowest BCUT2D eigenvalue weighted by molar-refractivity contribution is 0.578. The maximum absolute atomic E-state index is 14.6. The van der Waals surface area contributed by atoms with E-state index in [2.05, 4.69) is 40.3 Å². The highest BCUT2D eigenvalue weighted by Gasteiger charge is 2.14. The van der Waals surface area contributed by atoms with Gasteiger partial charge >= 0.3 is 0 Å². The van der Waals surface area contributed by atoms with Gasteiger partial charge in [-0.2, -0.15) is 4.99 Å². The second kappa shape index (κ2) is 8.63. The van der Waals surface area contributed by atoms with E-state index in [1.165, 1.54) is 29.0 Å². The smallest absolute Gasteiger partial charge is 0.142 e. The number of hydrogen-bond donors (Lipinski definition) is 0. The zero-order valence-corrected chi connectivity index (χ0v) is 17.0. The van der Waals surface area contributed by atoms with Crippen molar-refractivity contribution >= 4 is 40.0 Å². The third kappa shape index (κ3) is 4.41. The molecule has 2 aromatic carbocycles. The molecule has 0 aliphatic heterocycles. The van der Waals surface area contributed by atoms with Gasteiger partial charge in [-0.15, -0.1) is 11.3 Å². The molecule has 0 spiro atoms. The molecular formula is C24H15F2NS2. The molecule has 0 N–H and O–H groups in total. The van der Waals surface area contributed by atoms with E-state index in [4.69, 9.17) is 0 Å². The minimum absolute atomic E-state index is 0.231. The van der Waals surface area contributed by atoms with E-state index in [0.717, 1.165) is 17.7 Å². The highest BCUT2D eigenvalue weighted by atomic mass is 32.1. The normalized spacial score (nSPS) is 12.7. The number of hydrogen-bond acceptors (Lipinski definition) is 3. The number of thiophene rings is 1. The lowest BCUT2D eigenvalue weighted by Gasteiger charge is -2.03.